The predicted molar refractivity (Wildman–Crippen MR) is 56.3 cm³/mol. The summed E-state index contributed by atoms with van der Waals surface area (Å²) < 4.78 is 0. The molecule has 0 aromatic rings. The molecule has 0 saturated heterocycles. The van der Waals surface area contributed by atoms with Gasteiger partial charge in [-0.05, 0) is 38.3 Å². The molecular weight excluding hydrogens is 160 g/mol. The number of hydrogen-bond acceptors (Lipinski definition) is 2. The largest absolute Gasteiger partial charge is 0.297 e. The number of aliphatic imine (C=N–C) groups is 1. The number of nitrogens with zero attached hydrogens (tertiary/aromatic N) is 2. The maximum Gasteiger partial charge on any atom is 0.0621 e. The van der Waals surface area contributed by atoms with Crippen molar-refractivity contribution in [3.63, 3.8) is 0 Å². The van der Waals surface area contributed by atoms with Gasteiger partial charge in [-0.15, -0.1) is 0 Å². The van der Waals surface area contributed by atoms with Crippen molar-refractivity contribution in [2.24, 2.45) is 4.99 Å². The van der Waals surface area contributed by atoms with Gasteiger partial charge in [0.05, 0.1) is 6.54 Å². The Morgan fingerprint density at radius 2 is 2.15 bits per heavy atom. The van der Waals surface area contributed by atoms with Gasteiger partial charge in [-0.1, -0.05) is 0 Å². The zero-order valence-corrected chi connectivity index (χ0v) is 8.80. The van der Waals surface area contributed by atoms with Crippen LogP contribution in [0.1, 0.15) is 27.2 Å². The van der Waals surface area contributed by atoms with Gasteiger partial charge in [-0.25, -0.2) is 0 Å². The lowest BCUT2D eigenvalue weighted by Gasteiger charge is -2.31. The lowest BCUT2D eigenvalue weighted by atomic mass is 9.98. The molecule has 13 heavy (non-hydrogen) atoms. The normalized spacial score (nSPS) is 23.8. The number of rotatable bonds is 1. The van der Waals surface area contributed by atoms with Crippen LogP contribution in [-0.4, -0.2) is 36.3 Å². The molecule has 2 heterocycles. The van der Waals surface area contributed by atoms with Crippen LogP contribution in [0.15, 0.2) is 16.1 Å². The van der Waals surface area contributed by atoms with E-state index in [4.69, 9.17) is 0 Å². The van der Waals surface area contributed by atoms with Crippen molar-refractivity contribution in [1.29, 1.82) is 0 Å². The first-order valence-electron chi connectivity index (χ1n) is 5.15. The molecule has 2 heteroatoms. The topological polar surface area (TPSA) is 15.6 Å². The third-order valence-corrected chi connectivity index (χ3v) is 3.14. The van der Waals surface area contributed by atoms with E-state index in [0.717, 1.165) is 13.1 Å². The van der Waals surface area contributed by atoms with Gasteiger partial charge in [0.25, 0.3) is 0 Å². The van der Waals surface area contributed by atoms with Gasteiger partial charge in [0.15, 0.2) is 0 Å². The maximum atomic E-state index is 4.49. The van der Waals surface area contributed by atoms with Crippen molar-refractivity contribution in [3.05, 3.63) is 11.1 Å². The highest BCUT2D eigenvalue weighted by molar-refractivity contribution is 6.01. The molecule has 0 radical (unpaired) electrons. The van der Waals surface area contributed by atoms with Crippen LogP contribution in [0, 0.1) is 0 Å². The van der Waals surface area contributed by atoms with E-state index in [1.807, 2.05) is 0 Å². The molecule has 0 aromatic carbocycles. The van der Waals surface area contributed by atoms with Crippen LogP contribution < -0.4 is 0 Å². The van der Waals surface area contributed by atoms with Crippen LogP contribution in [0.3, 0.4) is 0 Å². The molecule has 72 valence electrons. The summed E-state index contributed by atoms with van der Waals surface area (Å²) in [6.45, 7) is 10.0. The van der Waals surface area contributed by atoms with Crippen LogP contribution in [0.2, 0.25) is 0 Å². The SMILES string of the molecule is CC1=NCC2=C1CCN(C(C)C)C2. The summed E-state index contributed by atoms with van der Waals surface area (Å²) in [5.41, 5.74) is 4.41. The average molecular weight is 178 g/mol. The van der Waals surface area contributed by atoms with Crippen molar-refractivity contribution < 1.29 is 0 Å². The summed E-state index contributed by atoms with van der Waals surface area (Å²) in [7, 11) is 0. The second-order valence-corrected chi connectivity index (χ2v) is 4.30. The fraction of sp³-hybridized carbons (Fsp3) is 0.727. The van der Waals surface area contributed by atoms with E-state index < -0.39 is 0 Å². The fourth-order valence-electron chi connectivity index (χ4n) is 2.18. The second-order valence-electron chi connectivity index (χ2n) is 4.30. The fourth-order valence-corrected chi connectivity index (χ4v) is 2.18. The first-order chi connectivity index (χ1) is 6.18. The second kappa shape index (κ2) is 3.26. The van der Waals surface area contributed by atoms with Crippen LogP contribution in [0.25, 0.3) is 0 Å². The quantitative estimate of drug-likeness (QED) is 0.598. The van der Waals surface area contributed by atoms with Crippen molar-refractivity contribution in [1.82, 2.24) is 4.90 Å². The Morgan fingerprint density at radius 1 is 1.38 bits per heavy atom. The zero-order chi connectivity index (χ0) is 9.42. The van der Waals surface area contributed by atoms with E-state index in [9.17, 15) is 0 Å². The Kier molecular flexibility index (Phi) is 2.24. The molecule has 0 saturated carbocycles. The zero-order valence-electron chi connectivity index (χ0n) is 8.80. The molecule has 2 rings (SSSR count). The molecule has 2 nitrogen and oxygen atoms in total. The lowest BCUT2D eigenvalue weighted by molar-refractivity contribution is 0.234. The summed E-state index contributed by atoms with van der Waals surface area (Å²) in [4.78, 5) is 7.03. The lowest BCUT2D eigenvalue weighted by Crippen LogP contribution is -2.37. The molecule has 0 spiro atoms. The first-order valence-corrected chi connectivity index (χ1v) is 5.15. The van der Waals surface area contributed by atoms with Gasteiger partial charge in [0.1, 0.15) is 0 Å². The Balaban J connectivity index is 2.11. The Hall–Kier alpha value is -0.630. The van der Waals surface area contributed by atoms with Crippen molar-refractivity contribution >= 4 is 5.71 Å². The standard InChI is InChI=1S/C11H18N2/c1-8(2)13-5-4-11-9(3)12-6-10(11)7-13/h8H,4-7H2,1-3H3. The van der Waals surface area contributed by atoms with E-state index in [1.54, 1.807) is 11.1 Å². The Bertz CT molecular complexity index is 274. The van der Waals surface area contributed by atoms with Crippen LogP contribution in [0.5, 0.6) is 0 Å². The Labute approximate surface area is 80.3 Å². The number of hydrogen-bond donors (Lipinski definition) is 0. The minimum atomic E-state index is 0.676. The molecule has 0 bridgehead atoms. The molecule has 0 N–H and O–H groups in total. The Morgan fingerprint density at radius 3 is 2.85 bits per heavy atom. The highest BCUT2D eigenvalue weighted by Crippen LogP contribution is 2.25. The maximum absolute atomic E-state index is 4.49. The van der Waals surface area contributed by atoms with E-state index in [2.05, 4.69) is 30.7 Å². The molecule has 2 aliphatic heterocycles. The van der Waals surface area contributed by atoms with Gasteiger partial charge in [-0.3, -0.25) is 9.89 Å². The molecule has 2 aliphatic rings. The van der Waals surface area contributed by atoms with E-state index >= 15 is 0 Å². The molecule has 0 amide bonds. The van der Waals surface area contributed by atoms with Gasteiger partial charge in [-0.2, -0.15) is 0 Å². The van der Waals surface area contributed by atoms with Gasteiger partial charge in [0.2, 0.25) is 0 Å². The molecule has 0 aromatic heterocycles. The van der Waals surface area contributed by atoms with E-state index in [0.29, 0.717) is 6.04 Å². The molecular formula is C11H18N2. The highest BCUT2D eigenvalue weighted by Gasteiger charge is 2.24. The van der Waals surface area contributed by atoms with E-state index in [1.165, 1.54) is 18.7 Å². The van der Waals surface area contributed by atoms with Crippen LogP contribution >= 0.6 is 0 Å². The van der Waals surface area contributed by atoms with Crippen molar-refractivity contribution in [2.75, 3.05) is 19.6 Å². The summed E-state index contributed by atoms with van der Waals surface area (Å²) in [5.74, 6) is 0. The van der Waals surface area contributed by atoms with Crippen molar-refractivity contribution in [2.45, 2.75) is 33.2 Å². The third kappa shape index (κ3) is 1.55. The summed E-state index contributed by atoms with van der Waals surface area (Å²) in [6, 6.07) is 0.676. The van der Waals surface area contributed by atoms with Gasteiger partial charge in [0, 0.05) is 24.8 Å². The first kappa shape index (κ1) is 8.95. The third-order valence-electron chi connectivity index (χ3n) is 3.14. The summed E-state index contributed by atoms with van der Waals surface area (Å²) >= 11 is 0. The molecule has 0 unspecified atom stereocenters. The molecule has 0 atom stereocenters. The summed E-state index contributed by atoms with van der Waals surface area (Å²) in [5, 5.41) is 0. The van der Waals surface area contributed by atoms with Gasteiger partial charge < -0.3 is 0 Å². The highest BCUT2D eigenvalue weighted by atomic mass is 15.2. The van der Waals surface area contributed by atoms with Gasteiger partial charge >= 0.3 is 0 Å². The monoisotopic (exact) mass is 178 g/mol. The predicted octanol–water partition coefficient (Wildman–Crippen LogP) is 1.87. The minimum absolute atomic E-state index is 0.676. The van der Waals surface area contributed by atoms with Crippen LogP contribution in [0.4, 0.5) is 0 Å². The minimum Gasteiger partial charge on any atom is -0.297 e. The van der Waals surface area contributed by atoms with E-state index in [-0.39, 0.29) is 0 Å². The van der Waals surface area contributed by atoms with Crippen molar-refractivity contribution in [3.8, 4) is 0 Å². The smallest absolute Gasteiger partial charge is 0.0621 e. The molecule has 0 aliphatic carbocycles. The molecule has 0 fully saturated rings. The summed E-state index contributed by atoms with van der Waals surface area (Å²) in [6.07, 6.45) is 1.21. The average Bonchev–Trinajstić information content (AvgIpc) is 2.47. The van der Waals surface area contributed by atoms with Crippen LogP contribution in [-0.2, 0) is 0 Å².